The Morgan fingerprint density at radius 1 is 1.00 bits per heavy atom. The zero-order chi connectivity index (χ0) is 18.4. The fourth-order valence-electron chi connectivity index (χ4n) is 2.46. The van der Waals surface area contributed by atoms with Gasteiger partial charge >= 0.3 is 0 Å². The molecule has 0 atom stereocenters. The summed E-state index contributed by atoms with van der Waals surface area (Å²) in [4.78, 5) is 4.53. The first-order valence-electron chi connectivity index (χ1n) is 8.30. The quantitative estimate of drug-likeness (QED) is 0.339. The molecule has 0 saturated heterocycles. The average Bonchev–Trinajstić information content (AvgIpc) is 2.67. The standard InChI is InChI=1S/C22H20INO2/c1-16-8-10-19(11-9-16)24-14-18-12-20(23)22(21(13-18)25-2)26-15-17-6-4-3-5-7-17/h3-14H,15H2,1-2H3. The van der Waals surface area contributed by atoms with Crippen molar-refractivity contribution in [2.45, 2.75) is 13.5 Å². The van der Waals surface area contributed by atoms with E-state index in [0.717, 1.165) is 26.1 Å². The van der Waals surface area contributed by atoms with Gasteiger partial charge in [0.05, 0.1) is 16.4 Å². The number of hydrogen-bond acceptors (Lipinski definition) is 3. The second kappa shape index (κ2) is 8.85. The van der Waals surface area contributed by atoms with Gasteiger partial charge in [-0.15, -0.1) is 0 Å². The fraction of sp³-hybridized carbons (Fsp3) is 0.136. The summed E-state index contributed by atoms with van der Waals surface area (Å²) in [6.45, 7) is 2.57. The van der Waals surface area contributed by atoms with E-state index in [-0.39, 0.29) is 0 Å². The predicted octanol–water partition coefficient (Wildman–Crippen LogP) is 5.94. The van der Waals surface area contributed by atoms with Crippen LogP contribution < -0.4 is 9.47 Å². The molecule has 3 aromatic carbocycles. The molecule has 0 aliphatic carbocycles. The molecule has 0 unspecified atom stereocenters. The Morgan fingerprint density at radius 2 is 1.73 bits per heavy atom. The molecule has 0 aromatic heterocycles. The van der Waals surface area contributed by atoms with Crippen LogP contribution in [-0.2, 0) is 6.61 Å². The molecule has 0 amide bonds. The number of rotatable bonds is 6. The van der Waals surface area contributed by atoms with E-state index in [2.05, 4.69) is 46.6 Å². The van der Waals surface area contributed by atoms with E-state index in [4.69, 9.17) is 9.47 Å². The van der Waals surface area contributed by atoms with Crippen LogP contribution in [-0.4, -0.2) is 13.3 Å². The lowest BCUT2D eigenvalue weighted by Gasteiger charge is -2.13. The number of methoxy groups -OCH3 is 1. The third kappa shape index (κ3) is 4.85. The molecule has 0 aliphatic heterocycles. The van der Waals surface area contributed by atoms with E-state index in [1.807, 2.05) is 60.8 Å². The third-order valence-corrected chi connectivity index (χ3v) is 4.68. The summed E-state index contributed by atoms with van der Waals surface area (Å²) in [7, 11) is 1.65. The molecule has 0 fully saturated rings. The Labute approximate surface area is 167 Å². The first-order valence-corrected chi connectivity index (χ1v) is 9.38. The van der Waals surface area contributed by atoms with Crippen LogP contribution in [0.15, 0.2) is 71.7 Å². The first kappa shape index (κ1) is 18.5. The van der Waals surface area contributed by atoms with E-state index in [1.54, 1.807) is 7.11 Å². The highest BCUT2D eigenvalue weighted by molar-refractivity contribution is 14.1. The molecule has 0 radical (unpaired) electrons. The Morgan fingerprint density at radius 3 is 2.42 bits per heavy atom. The van der Waals surface area contributed by atoms with Gasteiger partial charge < -0.3 is 9.47 Å². The normalized spacial score (nSPS) is 10.9. The summed E-state index contributed by atoms with van der Waals surface area (Å²) in [5.74, 6) is 1.46. The van der Waals surface area contributed by atoms with E-state index >= 15 is 0 Å². The number of halogens is 1. The van der Waals surface area contributed by atoms with Crippen molar-refractivity contribution in [3.63, 3.8) is 0 Å². The summed E-state index contributed by atoms with van der Waals surface area (Å²) < 4.78 is 12.5. The van der Waals surface area contributed by atoms with Crippen LogP contribution in [0.2, 0.25) is 0 Å². The highest BCUT2D eigenvalue weighted by Crippen LogP contribution is 2.34. The van der Waals surface area contributed by atoms with Gasteiger partial charge in [-0.1, -0.05) is 48.0 Å². The maximum absolute atomic E-state index is 6.00. The zero-order valence-corrected chi connectivity index (χ0v) is 16.9. The number of aliphatic imine (C=N–C) groups is 1. The Hall–Kier alpha value is -2.34. The Balaban J connectivity index is 1.79. The highest BCUT2D eigenvalue weighted by atomic mass is 127. The zero-order valence-electron chi connectivity index (χ0n) is 14.8. The minimum Gasteiger partial charge on any atom is -0.493 e. The lowest BCUT2D eigenvalue weighted by Crippen LogP contribution is -2.00. The fourth-order valence-corrected chi connectivity index (χ4v) is 3.25. The second-order valence-electron chi connectivity index (χ2n) is 5.90. The van der Waals surface area contributed by atoms with Crippen molar-refractivity contribution in [2.24, 2.45) is 4.99 Å². The molecule has 0 spiro atoms. The number of ether oxygens (including phenoxy) is 2. The monoisotopic (exact) mass is 457 g/mol. The molecule has 3 aromatic rings. The molecule has 0 heterocycles. The molecule has 3 nitrogen and oxygen atoms in total. The van der Waals surface area contributed by atoms with Gasteiger partial charge in [0.15, 0.2) is 11.5 Å². The maximum Gasteiger partial charge on any atom is 0.174 e. The Kier molecular flexibility index (Phi) is 6.28. The van der Waals surface area contributed by atoms with E-state index in [1.165, 1.54) is 5.56 Å². The molecular weight excluding hydrogens is 437 g/mol. The van der Waals surface area contributed by atoms with Crippen LogP contribution in [0.25, 0.3) is 0 Å². The molecule has 26 heavy (non-hydrogen) atoms. The van der Waals surface area contributed by atoms with Crippen molar-refractivity contribution in [3.8, 4) is 11.5 Å². The average molecular weight is 457 g/mol. The van der Waals surface area contributed by atoms with Gasteiger partial charge in [0.2, 0.25) is 0 Å². The van der Waals surface area contributed by atoms with Gasteiger partial charge in [-0.2, -0.15) is 0 Å². The van der Waals surface area contributed by atoms with Crippen LogP contribution >= 0.6 is 22.6 Å². The molecule has 3 rings (SSSR count). The maximum atomic E-state index is 6.00. The van der Waals surface area contributed by atoms with Gasteiger partial charge in [0, 0.05) is 6.21 Å². The summed E-state index contributed by atoms with van der Waals surface area (Å²) in [6.07, 6.45) is 1.84. The number of nitrogens with zero attached hydrogens (tertiary/aromatic N) is 1. The van der Waals surface area contributed by atoms with Gasteiger partial charge in [0.1, 0.15) is 6.61 Å². The van der Waals surface area contributed by atoms with E-state index in [9.17, 15) is 0 Å². The number of hydrogen-bond donors (Lipinski definition) is 0. The SMILES string of the molecule is COc1cc(C=Nc2ccc(C)cc2)cc(I)c1OCc1ccccc1. The number of benzene rings is 3. The lowest BCUT2D eigenvalue weighted by atomic mass is 10.2. The van der Waals surface area contributed by atoms with Crippen LogP contribution in [0.4, 0.5) is 5.69 Å². The van der Waals surface area contributed by atoms with Crippen LogP contribution in [0.5, 0.6) is 11.5 Å². The van der Waals surface area contributed by atoms with Gasteiger partial charge in [-0.3, -0.25) is 4.99 Å². The minimum atomic E-state index is 0.504. The smallest absolute Gasteiger partial charge is 0.174 e. The summed E-state index contributed by atoms with van der Waals surface area (Å²) in [5, 5.41) is 0. The van der Waals surface area contributed by atoms with Gasteiger partial charge in [0.25, 0.3) is 0 Å². The van der Waals surface area contributed by atoms with E-state index in [0.29, 0.717) is 12.4 Å². The van der Waals surface area contributed by atoms with Crippen LogP contribution in [0.1, 0.15) is 16.7 Å². The number of aryl methyl sites for hydroxylation is 1. The summed E-state index contributed by atoms with van der Waals surface area (Å²) in [6, 6.07) is 22.2. The molecule has 0 aliphatic rings. The van der Waals surface area contributed by atoms with Crippen molar-refractivity contribution in [1.82, 2.24) is 0 Å². The molecule has 4 heteroatoms. The summed E-state index contributed by atoms with van der Waals surface area (Å²) >= 11 is 2.27. The van der Waals surface area contributed by atoms with Crippen molar-refractivity contribution < 1.29 is 9.47 Å². The lowest BCUT2D eigenvalue weighted by molar-refractivity contribution is 0.282. The van der Waals surface area contributed by atoms with Crippen molar-refractivity contribution in [2.75, 3.05) is 7.11 Å². The van der Waals surface area contributed by atoms with Crippen molar-refractivity contribution >= 4 is 34.5 Å². The Bertz CT molecular complexity index is 890. The first-order chi connectivity index (χ1) is 12.7. The van der Waals surface area contributed by atoms with E-state index < -0.39 is 0 Å². The minimum absolute atomic E-state index is 0.504. The molecule has 0 saturated carbocycles. The molecular formula is C22H20INO2. The largest absolute Gasteiger partial charge is 0.493 e. The van der Waals surface area contributed by atoms with Gasteiger partial charge in [-0.05, 0) is 64.9 Å². The molecule has 0 N–H and O–H groups in total. The van der Waals surface area contributed by atoms with Crippen LogP contribution in [0.3, 0.4) is 0 Å². The molecule has 0 bridgehead atoms. The van der Waals surface area contributed by atoms with Crippen molar-refractivity contribution in [3.05, 3.63) is 87.0 Å². The topological polar surface area (TPSA) is 30.8 Å². The highest BCUT2D eigenvalue weighted by Gasteiger charge is 2.11. The van der Waals surface area contributed by atoms with Crippen LogP contribution in [0, 0.1) is 10.5 Å². The second-order valence-corrected chi connectivity index (χ2v) is 7.06. The van der Waals surface area contributed by atoms with Crippen molar-refractivity contribution in [1.29, 1.82) is 0 Å². The summed E-state index contributed by atoms with van der Waals surface area (Å²) in [5.41, 5.74) is 4.24. The predicted molar refractivity (Wildman–Crippen MR) is 115 cm³/mol. The molecule has 132 valence electrons. The third-order valence-electron chi connectivity index (χ3n) is 3.87. The van der Waals surface area contributed by atoms with Gasteiger partial charge in [-0.25, -0.2) is 0 Å².